The first-order chi connectivity index (χ1) is 56.3. The number of rotatable bonds is 11. The van der Waals surface area contributed by atoms with Crippen molar-refractivity contribution in [2.45, 2.75) is 115 Å². The zero-order valence-electron chi connectivity index (χ0n) is 69.3. The molecule has 120 heavy (non-hydrogen) atoms. The Morgan fingerprint density at radius 2 is 1.15 bits per heavy atom. The van der Waals surface area contributed by atoms with Crippen LogP contribution in [0.5, 0.6) is 0 Å². The van der Waals surface area contributed by atoms with E-state index in [0.717, 1.165) is 74.9 Å². The van der Waals surface area contributed by atoms with Crippen molar-refractivity contribution in [1.82, 2.24) is 38.7 Å². The van der Waals surface area contributed by atoms with Gasteiger partial charge in [-0.2, -0.15) is 23.3 Å². The molecule has 0 fully saturated rings. The molecular weight excluding hydrogens is 2190 g/mol. The molecule has 15 heteroatoms. The van der Waals surface area contributed by atoms with Gasteiger partial charge in [-0.25, -0.2) is 0 Å². The van der Waals surface area contributed by atoms with E-state index < -0.39 is 0 Å². The Kier molecular flexibility index (Phi) is 26.8. The maximum atomic E-state index is 6.25. The molecule has 0 bridgehead atoms. The van der Waals surface area contributed by atoms with Crippen LogP contribution in [-0.2, 0) is 93.3 Å². The van der Waals surface area contributed by atoms with E-state index in [-0.39, 0.29) is 91.9 Å². The van der Waals surface area contributed by atoms with Crippen molar-refractivity contribution in [3.05, 3.63) is 382 Å². The number of aromatic nitrogens is 8. The van der Waals surface area contributed by atoms with Crippen molar-refractivity contribution in [1.29, 1.82) is 0 Å². The summed E-state index contributed by atoms with van der Waals surface area (Å²) in [6, 6.07) is 96.7. The topological polar surface area (TPSA) is 107 Å². The van der Waals surface area contributed by atoms with Crippen LogP contribution in [0.4, 0.5) is 5.69 Å². The van der Waals surface area contributed by atoms with Crippen LogP contribution >= 0.6 is 0 Å². The summed E-state index contributed by atoms with van der Waals surface area (Å²) in [5.74, 6) is 2.17. The zero-order chi connectivity index (χ0) is 80.0. The summed E-state index contributed by atoms with van der Waals surface area (Å²) in [6.07, 6.45) is 15.0. The van der Waals surface area contributed by atoms with E-state index in [1.54, 1.807) is 24.8 Å². The number of para-hydroxylation sites is 4. The van der Waals surface area contributed by atoms with Gasteiger partial charge in [-0.1, -0.05) is 249 Å². The van der Waals surface area contributed by atoms with Crippen LogP contribution in [-0.4, -0.2) is 43.4 Å². The van der Waals surface area contributed by atoms with E-state index in [9.17, 15) is 0 Å². The average molecular weight is 2280 g/mol. The van der Waals surface area contributed by atoms with Gasteiger partial charge in [0.05, 0.1) is 28.6 Å². The average Bonchev–Trinajstić information content (AvgIpc) is 1.48. The molecular formula is C105H91Ir4N10O-3. The maximum Gasteiger partial charge on any atom is 0.234 e. The smallest absolute Gasteiger partial charge is 0.234 e. The predicted octanol–water partition coefficient (Wildman–Crippen LogP) is 26.3. The van der Waals surface area contributed by atoms with E-state index in [1.807, 2.05) is 84.0 Å². The Hall–Kier alpha value is -10.9. The van der Waals surface area contributed by atoms with Gasteiger partial charge in [0.1, 0.15) is 29.4 Å². The van der Waals surface area contributed by atoms with Gasteiger partial charge in [0.25, 0.3) is 0 Å². The van der Waals surface area contributed by atoms with Gasteiger partial charge in [-0.05, 0) is 174 Å². The molecule has 12 aromatic carbocycles. The van der Waals surface area contributed by atoms with Gasteiger partial charge in [-0.3, -0.25) is 9.97 Å². The first kappa shape index (κ1) is 86.9. The third kappa shape index (κ3) is 17.0. The van der Waals surface area contributed by atoms with Crippen molar-refractivity contribution >= 4 is 60.5 Å². The molecule has 0 saturated carbocycles. The molecule has 2 aliphatic rings. The third-order valence-corrected chi connectivity index (χ3v) is 22.4. The summed E-state index contributed by atoms with van der Waals surface area (Å²) in [5, 5.41) is 19.0. The molecule has 0 spiro atoms. The molecule has 0 N–H and O–H groups in total. The molecule has 0 aliphatic carbocycles. The molecule has 2 aliphatic heterocycles. The van der Waals surface area contributed by atoms with Crippen molar-refractivity contribution in [3.8, 4) is 67.7 Å². The fourth-order valence-corrected chi connectivity index (χ4v) is 17.5. The van der Waals surface area contributed by atoms with E-state index in [0.29, 0.717) is 5.92 Å². The largest absolute Gasteiger partial charge is 0.456 e. The van der Waals surface area contributed by atoms with E-state index in [1.165, 1.54) is 144 Å². The number of furan rings is 1. The van der Waals surface area contributed by atoms with Gasteiger partial charge in [0, 0.05) is 144 Å². The molecule has 8 heterocycles. The Morgan fingerprint density at radius 3 is 1.87 bits per heavy atom. The summed E-state index contributed by atoms with van der Waals surface area (Å²) in [6.45, 7) is 28.7. The number of pyridine rings is 2. The van der Waals surface area contributed by atoms with Gasteiger partial charge in [0.2, 0.25) is 6.04 Å². The number of aryl methyl sites for hydroxylation is 8. The Bertz CT molecular complexity index is 6800. The molecule has 0 amide bonds. The second-order valence-corrected chi connectivity index (χ2v) is 32.3. The van der Waals surface area contributed by atoms with Crippen molar-refractivity contribution in [2.24, 2.45) is 10.5 Å². The summed E-state index contributed by atoms with van der Waals surface area (Å²) >= 11 is 0. The molecule has 4 radical (unpaired) electrons. The van der Waals surface area contributed by atoms with Crippen LogP contribution in [0.3, 0.4) is 0 Å². The quantitative estimate of drug-likeness (QED) is 0.0725. The number of hydrogen-bond donors (Lipinski definition) is 0. The molecule has 1 unspecified atom stereocenters. The minimum absolute atomic E-state index is 0. The van der Waals surface area contributed by atoms with Crippen molar-refractivity contribution in [3.63, 3.8) is 0 Å². The van der Waals surface area contributed by atoms with E-state index in [2.05, 4.69) is 324 Å². The normalized spacial score (nSPS) is 12.4. The standard InChI is InChI=1S/C32H27N2.C30H23N2O.C23H18N2.C20H23N4.4Ir/c1-20(2)23-16-17-25(22(4)18-23)30-19-33-32-28-14-9-13-26(24-11-6-5-10-21(24)3)31(28)27-12-7-8-15-29(27)34(30)32;1-20-17-22(19-24-11-8-13-26-25-12-6-7-14-27(25)33-29(24)26)18-21(2)28(20)32-16-15-31-30(32)23-9-4-3-5-10-23;1-15-8-7-9-16(2)22(15)20-14-24-25-21-13-6-5-11-18(21)17-10-3-4-12-19(17)23(20)25;1-14-9-16(11-20(3,4)5)10-15(2)18(14)24-13-22-23-19(24)17-7-6-8-21-12-17;;;;/h5-13,15-20H,1-4H3;3-9,11-18H,19H2,1-2H3;3-12,14,23H,1-2H3;6,8-10,12-13H,11H2,1-5H3;;;;/q2*-1;;-1;;;;. The minimum atomic E-state index is 0. The second-order valence-electron chi connectivity index (χ2n) is 32.3. The van der Waals surface area contributed by atoms with Crippen molar-refractivity contribution < 1.29 is 89.5 Å². The number of azo groups is 2. The Morgan fingerprint density at radius 1 is 0.500 bits per heavy atom. The van der Waals surface area contributed by atoms with Gasteiger partial charge < -0.3 is 22.9 Å². The number of imidazole rings is 2. The minimum Gasteiger partial charge on any atom is -0.456 e. The second kappa shape index (κ2) is 37.0. The molecule has 6 aromatic heterocycles. The SMILES string of the molecule is Cc1cc(CC(C)(C)C)cc(C)c1-n1cnnc1-c1[c-]ccnc1.Cc1cc(Cc2cccc3c2oc2ccccc23)cc(C)c1-n1ccnc1-c1[c-]cccc1.Cc1cccc(C)c1C1=CN=[N+]2c3[c-]cccc3-c3ccccc3C12.Cc1ccccc1-c1cc[c-]c2c1c1ccccc1n1c(-c3ccc(C(C)C)cc3C)cnc21.[Ir].[Ir].[Ir].[Ir]. The van der Waals surface area contributed by atoms with Gasteiger partial charge in [-0.15, -0.1) is 77.4 Å². The fraction of sp³-hybridized carbons (Fsp3) is 0.171. The predicted molar refractivity (Wildman–Crippen MR) is 473 cm³/mol. The van der Waals surface area contributed by atoms with Crippen LogP contribution in [0.1, 0.15) is 124 Å². The number of nitrogens with zero attached hydrogens (tertiary/aromatic N) is 10. The first-order valence-electron chi connectivity index (χ1n) is 39.9. The molecule has 18 aromatic rings. The van der Waals surface area contributed by atoms with Crippen LogP contribution in [0.15, 0.2) is 290 Å². The zero-order valence-corrected chi connectivity index (χ0v) is 78.9. The molecule has 20 rings (SSSR count). The Labute approximate surface area is 757 Å². The monoisotopic (exact) mass is 2280 g/mol. The van der Waals surface area contributed by atoms with E-state index in [4.69, 9.17) is 14.5 Å². The summed E-state index contributed by atoms with van der Waals surface area (Å²) in [4.78, 5) is 13.7. The number of hydrogen-bond acceptors (Lipinski definition) is 7. The van der Waals surface area contributed by atoms with Crippen molar-refractivity contribution in [2.75, 3.05) is 0 Å². The molecule has 11 nitrogen and oxygen atoms in total. The van der Waals surface area contributed by atoms with Crippen LogP contribution < -0.4 is 0 Å². The van der Waals surface area contributed by atoms with Crippen LogP contribution in [0.25, 0.3) is 122 Å². The molecule has 1 atom stereocenters. The summed E-state index contributed by atoms with van der Waals surface area (Å²) in [7, 11) is 0. The Balaban J connectivity index is 0.000000138. The van der Waals surface area contributed by atoms with Gasteiger partial charge in [0.15, 0.2) is 0 Å². The van der Waals surface area contributed by atoms with Crippen LogP contribution in [0.2, 0.25) is 0 Å². The molecule has 606 valence electrons. The maximum absolute atomic E-state index is 6.25. The number of fused-ring (bicyclic) bond motifs is 15. The summed E-state index contributed by atoms with van der Waals surface area (Å²) in [5.41, 5.74) is 35.9. The molecule has 0 saturated heterocycles. The number of benzene rings is 12. The third-order valence-electron chi connectivity index (χ3n) is 22.4. The van der Waals surface area contributed by atoms with E-state index >= 15 is 0 Å². The fourth-order valence-electron chi connectivity index (χ4n) is 17.5. The first-order valence-corrected chi connectivity index (χ1v) is 39.9. The van der Waals surface area contributed by atoms with Crippen LogP contribution in [0, 0.1) is 85.1 Å². The summed E-state index contributed by atoms with van der Waals surface area (Å²) < 4.78 is 14.9. The van der Waals surface area contributed by atoms with Gasteiger partial charge >= 0.3 is 0 Å².